The van der Waals surface area contributed by atoms with E-state index in [1.165, 1.54) is 6.42 Å². The minimum Gasteiger partial charge on any atom is -0.379 e. The molecule has 1 fully saturated rings. The van der Waals surface area contributed by atoms with E-state index in [0.29, 0.717) is 12.0 Å². The second-order valence-corrected chi connectivity index (χ2v) is 7.29. The number of hydrogen-bond acceptors (Lipinski definition) is 6. The Balaban J connectivity index is 1.62. The van der Waals surface area contributed by atoms with Crippen LogP contribution in [-0.2, 0) is 4.74 Å². The molecule has 0 bridgehead atoms. The van der Waals surface area contributed by atoms with Gasteiger partial charge in [0.15, 0.2) is 0 Å². The fourth-order valence-corrected chi connectivity index (χ4v) is 3.77. The van der Waals surface area contributed by atoms with Crippen LogP contribution in [0.4, 0.5) is 5.13 Å². The zero-order valence-electron chi connectivity index (χ0n) is 13.6. The van der Waals surface area contributed by atoms with Crippen molar-refractivity contribution in [2.45, 2.75) is 33.2 Å². The fraction of sp³-hybridized carbons (Fsp3) is 0.733. The molecule has 0 aromatic carbocycles. The molecule has 1 saturated heterocycles. The van der Waals surface area contributed by atoms with Crippen molar-refractivity contribution in [3.05, 3.63) is 11.9 Å². The summed E-state index contributed by atoms with van der Waals surface area (Å²) in [6.07, 6.45) is 3.15. The Morgan fingerprint density at radius 3 is 2.82 bits per heavy atom. The molecule has 22 heavy (non-hydrogen) atoms. The molecule has 122 valence electrons. The van der Waals surface area contributed by atoms with E-state index in [4.69, 9.17) is 4.74 Å². The second kappa shape index (κ2) is 6.93. The van der Waals surface area contributed by atoms with Gasteiger partial charge in [0, 0.05) is 25.7 Å². The summed E-state index contributed by atoms with van der Waals surface area (Å²) in [5.41, 5.74) is 1.01. The lowest BCUT2D eigenvalue weighted by Gasteiger charge is -2.35. The van der Waals surface area contributed by atoms with Crippen LogP contribution in [0.1, 0.15) is 26.0 Å². The molecule has 6 nitrogen and oxygen atoms in total. The van der Waals surface area contributed by atoms with Crippen molar-refractivity contribution in [3.63, 3.8) is 0 Å². The van der Waals surface area contributed by atoms with E-state index in [2.05, 4.69) is 34.1 Å². The average Bonchev–Trinajstić information content (AvgIpc) is 3.00. The Hall–Kier alpha value is -1.18. The predicted molar refractivity (Wildman–Crippen MR) is 89.7 cm³/mol. The smallest absolute Gasteiger partial charge is 0.214 e. The fourth-order valence-electron chi connectivity index (χ4n) is 2.93. The highest BCUT2D eigenvalue weighted by Gasteiger charge is 2.22. The summed E-state index contributed by atoms with van der Waals surface area (Å²) in [7, 11) is 0. The highest BCUT2D eigenvalue weighted by molar-refractivity contribution is 7.20. The van der Waals surface area contributed by atoms with E-state index in [0.717, 1.165) is 48.6 Å². The van der Waals surface area contributed by atoms with Crippen LogP contribution in [0.15, 0.2) is 6.20 Å². The number of ether oxygens (including phenoxy) is 1. The molecule has 0 amide bonds. The molecule has 3 rings (SSSR count). The average molecular weight is 323 g/mol. The third kappa shape index (κ3) is 3.77. The normalized spacial score (nSPS) is 18.2. The Morgan fingerprint density at radius 1 is 1.36 bits per heavy atom. The summed E-state index contributed by atoms with van der Waals surface area (Å²) in [4.78, 5) is 7.94. The number of anilines is 1. The van der Waals surface area contributed by atoms with Crippen molar-refractivity contribution in [1.82, 2.24) is 19.5 Å². The van der Waals surface area contributed by atoms with E-state index >= 15 is 0 Å². The van der Waals surface area contributed by atoms with Crippen LogP contribution in [0.5, 0.6) is 0 Å². The molecule has 2 aromatic rings. The number of nitrogens with one attached hydrogen (secondary N) is 1. The third-order valence-corrected chi connectivity index (χ3v) is 4.84. The molecule has 1 N–H and O–H groups in total. The second-order valence-electron chi connectivity index (χ2n) is 6.33. The first kappa shape index (κ1) is 15.7. The molecule has 1 unspecified atom stereocenters. The van der Waals surface area contributed by atoms with Crippen LogP contribution in [0.2, 0.25) is 0 Å². The van der Waals surface area contributed by atoms with Gasteiger partial charge >= 0.3 is 0 Å². The van der Waals surface area contributed by atoms with Gasteiger partial charge in [-0.3, -0.25) is 4.90 Å². The van der Waals surface area contributed by atoms with Gasteiger partial charge in [-0.05, 0) is 19.3 Å². The molecule has 1 aliphatic rings. The molecule has 1 aliphatic heterocycles. The van der Waals surface area contributed by atoms with Crippen LogP contribution in [0.25, 0.3) is 4.96 Å². The molecule has 2 aromatic heterocycles. The first-order valence-corrected chi connectivity index (χ1v) is 8.82. The van der Waals surface area contributed by atoms with Gasteiger partial charge in [0.05, 0.1) is 25.1 Å². The van der Waals surface area contributed by atoms with Gasteiger partial charge in [-0.25, -0.2) is 9.50 Å². The van der Waals surface area contributed by atoms with E-state index in [1.807, 2.05) is 17.6 Å². The van der Waals surface area contributed by atoms with Crippen molar-refractivity contribution in [2.75, 3.05) is 38.2 Å². The first-order valence-electron chi connectivity index (χ1n) is 8.00. The number of hydrogen-bond donors (Lipinski definition) is 1. The van der Waals surface area contributed by atoms with Crippen molar-refractivity contribution < 1.29 is 4.74 Å². The Bertz CT molecular complexity index is 571. The number of morpholine rings is 1. The lowest BCUT2D eigenvalue weighted by atomic mass is 10.0. The summed E-state index contributed by atoms with van der Waals surface area (Å²) in [6, 6.07) is 0.529. The maximum atomic E-state index is 5.47. The van der Waals surface area contributed by atoms with Crippen molar-refractivity contribution >= 4 is 21.4 Å². The zero-order valence-corrected chi connectivity index (χ0v) is 14.4. The molecular weight excluding hydrogens is 298 g/mol. The van der Waals surface area contributed by atoms with Gasteiger partial charge < -0.3 is 10.1 Å². The highest BCUT2D eigenvalue weighted by atomic mass is 32.1. The van der Waals surface area contributed by atoms with Crippen molar-refractivity contribution in [2.24, 2.45) is 5.92 Å². The topological polar surface area (TPSA) is 54.7 Å². The van der Waals surface area contributed by atoms with Crippen LogP contribution >= 0.6 is 11.3 Å². The summed E-state index contributed by atoms with van der Waals surface area (Å²) in [5.74, 6) is 0.686. The molecule has 3 heterocycles. The largest absolute Gasteiger partial charge is 0.379 e. The lowest BCUT2D eigenvalue weighted by molar-refractivity contribution is 0.0151. The monoisotopic (exact) mass is 323 g/mol. The highest BCUT2D eigenvalue weighted by Crippen LogP contribution is 2.20. The van der Waals surface area contributed by atoms with Crippen LogP contribution in [0.3, 0.4) is 0 Å². The minimum absolute atomic E-state index is 0.529. The SMILES string of the molecule is Cc1cn2nc(NCC(CC(C)C)N3CCOCC3)sc2n1. The van der Waals surface area contributed by atoms with Crippen LogP contribution in [0, 0.1) is 12.8 Å². The summed E-state index contributed by atoms with van der Waals surface area (Å²) in [6.45, 7) is 11.2. The Kier molecular flexibility index (Phi) is 4.95. The van der Waals surface area contributed by atoms with Gasteiger partial charge in [0.2, 0.25) is 10.1 Å². The van der Waals surface area contributed by atoms with Gasteiger partial charge in [0.1, 0.15) is 0 Å². The van der Waals surface area contributed by atoms with Gasteiger partial charge in [-0.2, -0.15) is 0 Å². The molecule has 0 spiro atoms. The van der Waals surface area contributed by atoms with E-state index in [-0.39, 0.29) is 0 Å². The minimum atomic E-state index is 0.529. The van der Waals surface area contributed by atoms with E-state index < -0.39 is 0 Å². The summed E-state index contributed by atoms with van der Waals surface area (Å²) >= 11 is 1.61. The Labute approximate surface area is 135 Å². The van der Waals surface area contributed by atoms with Gasteiger partial charge in [0.25, 0.3) is 0 Å². The Morgan fingerprint density at radius 2 is 2.14 bits per heavy atom. The number of aromatic nitrogens is 3. The van der Waals surface area contributed by atoms with Gasteiger partial charge in [-0.15, -0.1) is 5.10 Å². The number of imidazole rings is 1. The standard InChI is InChI=1S/C15H25N5OS/c1-11(2)8-13(19-4-6-21-7-5-19)9-16-14-18-20-10-12(3)17-15(20)22-14/h10-11,13H,4-9H2,1-3H3,(H,16,18). The lowest BCUT2D eigenvalue weighted by Crippen LogP contribution is -2.47. The molecule has 7 heteroatoms. The van der Waals surface area contributed by atoms with Crippen LogP contribution in [-0.4, -0.2) is 58.4 Å². The molecule has 0 aliphatic carbocycles. The molecular formula is C15H25N5OS. The van der Waals surface area contributed by atoms with Crippen molar-refractivity contribution in [1.29, 1.82) is 0 Å². The van der Waals surface area contributed by atoms with Gasteiger partial charge in [-0.1, -0.05) is 25.2 Å². The number of fused-ring (bicyclic) bond motifs is 1. The third-order valence-electron chi connectivity index (χ3n) is 3.96. The first-order chi connectivity index (χ1) is 10.6. The maximum Gasteiger partial charge on any atom is 0.214 e. The predicted octanol–water partition coefficient (Wildman–Crippen LogP) is 2.26. The molecule has 1 atom stereocenters. The molecule has 0 radical (unpaired) electrons. The van der Waals surface area contributed by atoms with E-state index in [9.17, 15) is 0 Å². The number of aryl methyl sites for hydroxylation is 1. The quantitative estimate of drug-likeness (QED) is 0.884. The summed E-state index contributed by atoms with van der Waals surface area (Å²) < 4.78 is 7.33. The zero-order chi connectivity index (χ0) is 15.5. The number of nitrogens with zero attached hydrogens (tertiary/aromatic N) is 4. The maximum absolute atomic E-state index is 5.47. The van der Waals surface area contributed by atoms with Crippen LogP contribution < -0.4 is 5.32 Å². The van der Waals surface area contributed by atoms with E-state index in [1.54, 1.807) is 11.3 Å². The number of rotatable bonds is 6. The van der Waals surface area contributed by atoms with Crippen molar-refractivity contribution in [3.8, 4) is 0 Å². The molecule has 0 saturated carbocycles. The summed E-state index contributed by atoms with van der Waals surface area (Å²) in [5, 5.41) is 9.00.